The van der Waals surface area contributed by atoms with Crippen LogP contribution in [0.4, 0.5) is 0 Å². The van der Waals surface area contributed by atoms with Crippen molar-refractivity contribution in [3.05, 3.63) is 0 Å². The molecule has 0 saturated carbocycles. The summed E-state index contributed by atoms with van der Waals surface area (Å²) < 4.78 is 4.64. The smallest absolute Gasteiger partial charge is 0.293 e. The molecular weight excluding hydrogens is 154 g/mol. The van der Waals surface area contributed by atoms with Gasteiger partial charge in [0.1, 0.15) is 6.61 Å². The van der Waals surface area contributed by atoms with Crippen molar-refractivity contribution in [2.24, 2.45) is 0 Å². The fraction of sp³-hybridized carbons (Fsp3) is 0.889. The lowest BCUT2D eigenvalue weighted by molar-refractivity contribution is -0.129. The molecule has 0 amide bonds. The van der Waals surface area contributed by atoms with Crippen LogP contribution in [0.2, 0.25) is 0 Å². The minimum absolute atomic E-state index is 0.486. The molecule has 3 nitrogen and oxygen atoms in total. The van der Waals surface area contributed by atoms with Crippen LogP contribution in [0.5, 0.6) is 0 Å². The summed E-state index contributed by atoms with van der Waals surface area (Å²) in [5.41, 5.74) is 0. The monoisotopic (exact) mass is 173 g/mol. The van der Waals surface area contributed by atoms with Gasteiger partial charge in [-0.3, -0.25) is 9.69 Å². The largest absolute Gasteiger partial charge is 0.467 e. The van der Waals surface area contributed by atoms with Gasteiger partial charge in [0, 0.05) is 18.6 Å². The van der Waals surface area contributed by atoms with E-state index in [9.17, 15) is 4.79 Å². The van der Waals surface area contributed by atoms with Crippen molar-refractivity contribution in [1.29, 1.82) is 0 Å². The maximum absolute atomic E-state index is 9.89. The lowest BCUT2D eigenvalue weighted by atomic mass is 10.2. The average molecular weight is 173 g/mol. The summed E-state index contributed by atoms with van der Waals surface area (Å²) in [7, 11) is 0. The summed E-state index contributed by atoms with van der Waals surface area (Å²) in [6.07, 6.45) is 0. The van der Waals surface area contributed by atoms with Crippen molar-refractivity contribution in [1.82, 2.24) is 4.90 Å². The summed E-state index contributed by atoms with van der Waals surface area (Å²) in [5, 5.41) is 0. The predicted molar refractivity (Wildman–Crippen MR) is 49.0 cm³/mol. The Morgan fingerprint density at radius 2 is 1.75 bits per heavy atom. The molecule has 0 bridgehead atoms. The second-order valence-electron chi connectivity index (χ2n) is 3.39. The van der Waals surface area contributed by atoms with Gasteiger partial charge in [0.15, 0.2) is 0 Å². The fourth-order valence-corrected chi connectivity index (χ4v) is 1.32. The highest BCUT2D eigenvalue weighted by atomic mass is 16.5. The molecule has 0 spiro atoms. The van der Waals surface area contributed by atoms with Gasteiger partial charge >= 0.3 is 0 Å². The van der Waals surface area contributed by atoms with Crippen LogP contribution >= 0.6 is 0 Å². The van der Waals surface area contributed by atoms with Crippen LogP contribution in [0, 0.1) is 0 Å². The van der Waals surface area contributed by atoms with Gasteiger partial charge in [0.25, 0.3) is 6.47 Å². The van der Waals surface area contributed by atoms with Crippen LogP contribution in [0.25, 0.3) is 0 Å². The molecule has 12 heavy (non-hydrogen) atoms. The van der Waals surface area contributed by atoms with Crippen molar-refractivity contribution in [2.75, 3.05) is 13.2 Å². The van der Waals surface area contributed by atoms with E-state index in [-0.39, 0.29) is 0 Å². The molecule has 0 unspecified atom stereocenters. The number of nitrogens with zero attached hydrogens (tertiary/aromatic N) is 1. The quantitative estimate of drug-likeness (QED) is 0.447. The van der Waals surface area contributed by atoms with E-state index in [2.05, 4.69) is 37.3 Å². The van der Waals surface area contributed by atoms with E-state index in [0.29, 0.717) is 25.2 Å². The Kier molecular flexibility index (Phi) is 5.72. The van der Waals surface area contributed by atoms with Crippen LogP contribution < -0.4 is 0 Å². The van der Waals surface area contributed by atoms with E-state index in [0.717, 1.165) is 6.54 Å². The molecule has 0 aromatic rings. The average Bonchev–Trinajstić information content (AvgIpc) is 1.96. The van der Waals surface area contributed by atoms with Crippen LogP contribution in [-0.2, 0) is 9.53 Å². The number of ether oxygens (including phenoxy) is 1. The Morgan fingerprint density at radius 3 is 2.08 bits per heavy atom. The van der Waals surface area contributed by atoms with Crippen molar-refractivity contribution in [2.45, 2.75) is 39.8 Å². The first-order valence-electron chi connectivity index (χ1n) is 4.40. The molecule has 0 aliphatic carbocycles. The maximum atomic E-state index is 9.89. The molecule has 72 valence electrons. The lowest BCUT2D eigenvalue weighted by Crippen LogP contribution is -2.39. The van der Waals surface area contributed by atoms with Crippen molar-refractivity contribution in [3.63, 3.8) is 0 Å². The molecule has 0 N–H and O–H groups in total. The number of hydrogen-bond donors (Lipinski definition) is 0. The number of rotatable bonds is 6. The lowest BCUT2D eigenvalue weighted by Gasteiger charge is -2.29. The third-order valence-corrected chi connectivity index (χ3v) is 1.86. The first-order valence-corrected chi connectivity index (χ1v) is 4.40. The Balaban J connectivity index is 3.71. The highest BCUT2D eigenvalue weighted by molar-refractivity contribution is 5.36. The zero-order valence-corrected chi connectivity index (χ0v) is 8.41. The van der Waals surface area contributed by atoms with E-state index in [1.807, 2.05) is 0 Å². The second kappa shape index (κ2) is 6.00. The highest BCUT2D eigenvalue weighted by Crippen LogP contribution is 2.03. The van der Waals surface area contributed by atoms with Gasteiger partial charge in [0.05, 0.1) is 0 Å². The van der Waals surface area contributed by atoms with Gasteiger partial charge in [0.2, 0.25) is 0 Å². The number of hydrogen-bond acceptors (Lipinski definition) is 3. The summed E-state index contributed by atoms with van der Waals surface area (Å²) >= 11 is 0. The molecule has 0 heterocycles. The zero-order valence-electron chi connectivity index (χ0n) is 8.41. The second-order valence-corrected chi connectivity index (χ2v) is 3.39. The molecule has 0 saturated heterocycles. The molecule has 0 aliphatic heterocycles. The number of carbonyl (C=O) groups is 1. The Bertz CT molecular complexity index is 116. The molecule has 3 heteroatoms. The molecule has 0 aromatic heterocycles. The van der Waals surface area contributed by atoms with Gasteiger partial charge < -0.3 is 4.74 Å². The molecule has 0 aliphatic rings. The summed E-state index contributed by atoms with van der Waals surface area (Å²) in [5.74, 6) is 0. The van der Waals surface area contributed by atoms with Gasteiger partial charge in [-0.05, 0) is 27.7 Å². The van der Waals surface area contributed by atoms with Crippen molar-refractivity contribution >= 4 is 6.47 Å². The molecule has 0 aromatic carbocycles. The maximum Gasteiger partial charge on any atom is 0.293 e. The van der Waals surface area contributed by atoms with Crippen LogP contribution in [0.15, 0.2) is 0 Å². The SMILES string of the molecule is CC(C)N(CCOC=O)C(C)C. The molecule has 0 atom stereocenters. The first kappa shape index (κ1) is 11.4. The van der Waals surface area contributed by atoms with E-state index < -0.39 is 0 Å². The molecule has 0 fully saturated rings. The van der Waals surface area contributed by atoms with Crippen LogP contribution in [0.1, 0.15) is 27.7 Å². The third kappa shape index (κ3) is 4.34. The third-order valence-electron chi connectivity index (χ3n) is 1.86. The normalized spacial score (nSPS) is 11.2. The Morgan fingerprint density at radius 1 is 1.25 bits per heavy atom. The molecule has 0 rings (SSSR count). The van der Waals surface area contributed by atoms with Crippen LogP contribution in [0.3, 0.4) is 0 Å². The number of carbonyl (C=O) groups excluding carboxylic acids is 1. The molecular formula is C9H19NO2. The summed E-state index contributed by atoms with van der Waals surface area (Å²) in [4.78, 5) is 12.2. The van der Waals surface area contributed by atoms with Gasteiger partial charge in [-0.15, -0.1) is 0 Å². The molecule has 0 radical (unpaired) electrons. The fourth-order valence-electron chi connectivity index (χ4n) is 1.32. The predicted octanol–water partition coefficient (Wildman–Crippen LogP) is 1.28. The Hall–Kier alpha value is -0.570. The minimum atomic E-state index is 0.486. The summed E-state index contributed by atoms with van der Waals surface area (Å²) in [6.45, 7) is 10.4. The van der Waals surface area contributed by atoms with Gasteiger partial charge in [-0.1, -0.05) is 0 Å². The van der Waals surface area contributed by atoms with Crippen molar-refractivity contribution in [3.8, 4) is 0 Å². The van der Waals surface area contributed by atoms with E-state index >= 15 is 0 Å². The summed E-state index contributed by atoms with van der Waals surface area (Å²) in [6, 6.07) is 1.00. The van der Waals surface area contributed by atoms with E-state index in [4.69, 9.17) is 0 Å². The first-order chi connectivity index (χ1) is 5.59. The van der Waals surface area contributed by atoms with Gasteiger partial charge in [-0.2, -0.15) is 0 Å². The van der Waals surface area contributed by atoms with Crippen molar-refractivity contribution < 1.29 is 9.53 Å². The van der Waals surface area contributed by atoms with E-state index in [1.54, 1.807) is 0 Å². The van der Waals surface area contributed by atoms with Gasteiger partial charge in [-0.25, -0.2) is 0 Å². The van der Waals surface area contributed by atoms with E-state index in [1.165, 1.54) is 0 Å². The topological polar surface area (TPSA) is 29.5 Å². The van der Waals surface area contributed by atoms with Crippen LogP contribution in [-0.4, -0.2) is 36.6 Å². The zero-order chi connectivity index (χ0) is 9.56. The standard InChI is InChI=1S/C9H19NO2/c1-8(2)10(9(3)4)5-6-12-7-11/h7-9H,5-6H2,1-4H3. The Labute approximate surface area is 74.7 Å². The highest BCUT2D eigenvalue weighted by Gasteiger charge is 2.12. The minimum Gasteiger partial charge on any atom is -0.467 e.